The second kappa shape index (κ2) is 3.91. The van der Waals surface area contributed by atoms with E-state index in [2.05, 4.69) is 0 Å². The largest absolute Gasteiger partial charge is 0.398 e. The van der Waals surface area contributed by atoms with Crippen LogP contribution in [0.15, 0.2) is 42.5 Å². The molecular formula is C14H9FN2O2. The Hall–Kier alpha value is -2.69. The molecule has 3 rings (SSSR count). The van der Waals surface area contributed by atoms with Crippen LogP contribution in [-0.2, 0) is 0 Å². The van der Waals surface area contributed by atoms with Crippen LogP contribution in [0.1, 0.15) is 20.7 Å². The molecular weight excluding hydrogens is 247 g/mol. The molecule has 5 heteroatoms. The molecule has 0 atom stereocenters. The maximum Gasteiger partial charge on any atom is 0.268 e. The van der Waals surface area contributed by atoms with Crippen LogP contribution >= 0.6 is 0 Å². The van der Waals surface area contributed by atoms with Gasteiger partial charge in [-0.25, -0.2) is 9.29 Å². The van der Waals surface area contributed by atoms with Crippen molar-refractivity contribution in [3.05, 3.63) is 59.4 Å². The highest BCUT2D eigenvalue weighted by Crippen LogP contribution is 2.31. The van der Waals surface area contributed by atoms with Gasteiger partial charge in [0.05, 0.1) is 16.8 Å². The van der Waals surface area contributed by atoms with Gasteiger partial charge >= 0.3 is 0 Å². The lowest BCUT2D eigenvalue weighted by Gasteiger charge is -2.13. The fraction of sp³-hybridized carbons (Fsp3) is 0. The molecule has 0 aliphatic carbocycles. The lowest BCUT2D eigenvalue weighted by atomic mass is 10.1. The van der Waals surface area contributed by atoms with Gasteiger partial charge in [0.1, 0.15) is 5.82 Å². The van der Waals surface area contributed by atoms with Crippen molar-refractivity contribution in [2.45, 2.75) is 0 Å². The Morgan fingerprint density at radius 1 is 0.947 bits per heavy atom. The van der Waals surface area contributed by atoms with Gasteiger partial charge < -0.3 is 5.73 Å². The van der Waals surface area contributed by atoms with Gasteiger partial charge in [-0.1, -0.05) is 6.07 Å². The monoisotopic (exact) mass is 256 g/mol. The summed E-state index contributed by atoms with van der Waals surface area (Å²) >= 11 is 0. The molecule has 0 aromatic heterocycles. The molecule has 0 unspecified atom stereocenters. The van der Waals surface area contributed by atoms with Crippen molar-refractivity contribution in [1.29, 1.82) is 0 Å². The van der Waals surface area contributed by atoms with E-state index in [0.29, 0.717) is 5.69 Å². The molecule has 0 radical (unpaired) electrons. The number of rotatable bonds is 1. The lowest BCUT2D eigenvalue weighted by Crippen LogP contribution is -2.29. The zero-order chi connectivity index (χ0) is 13.6. The van der Waals surface area contributed by atoms with E-state index in [1.165, 1.54) is 24.3 Å². The maximum absolute atomic E-state index is 12.9. The molecule has 0 spiro atoms. The van der Waals surface area contributed by atoms with E-state index in [1.807, 2.05) is 0 Å². The molecule has 1 aliphatic heterocycles. The number of hydrogen-bond acceptors (Lipinski definition) is 3. The molecule has 0 saturated carbocycles. The number of imide groups is 1. The predicted octanol–water partition coefficient (Wildman–Crippen LogP) is 2.21. The summed E-state index contributed by atoms with van der Waals surface area (Å²) in [5.74, 6) is -1.36. The summed E-state index contributed by atoms with van der Waals surface area (Å²) in [4.78, 5) is 25.4. The van der Waals surface area contributed by atoms with Crippen molar-refractivity contribution in [3.63, 3.8) is 0 Å². The van der Waals surface area contributed by atoms with Crippen LogP contribution < -0.4 is 10.6 Å². The van der Waals surface area contributed by atoms with E-state index in [4.69, 9.17) is 5.73 Å². The molecule has 1 aliphatic rings. The van der Waals surface area contributed by atoms with Gasteiger partial charge in [0.2, 0.25) is 0 Å². The van der Waals surface area contributed by atoms with Crippen molar-refractivity contribution in [1.82, 2.24) is 0 Å². The van der Waals surface area contributed by atoms with Gasteiger partial charge in [0, 0.05) is 5.69 Å². The molecule has 2 amide bonds. The highest BCUT2D eigenvalue weighted by atomic mass is 19.1. The topological polar surface area (TPSA) is 63.4 Å². The Morgan fingerprint density at radius 3 is 2.26 bits per heavy atom. The number of carbonyl (C=O) groups is 2. The van der Waals surface area contributed by atoms with E-state index in [0.717, 1.165) is 4.90 Å². The number of carbonyl (C=O) groups excluding carboxylic acids is 2. The molecule has 4 nitrogen and oxygen atoms in total. The third kappa shape index (κ3) is 1.59. The van der Waals surface area contributed by atoms with Crippen molar-refractivity contribution in [2.75, 3.05) is 10.6 Å². The predicted molar refractivity (Wildman–Crippen MR) is 68.4 cm³/mol. The standard InChI is InChI=1S/C14H9FN2O2/c15-8-4-6-9(7-5-8)17-13(18)10-2-1-3-11(16)12(10)14(17)19/h1-7H,16H2. The zero-order valence-electron chi connectivity index (χ0n) is 9.76. The van der Waals surface area contributed by atoms with Crippen LogP contribution in [0.25, 0.3) is 0 Å². The SMILES string of the molecule is Nc1cccc2c1C(=O)N(c1ccc(F)cc1)C2=O. The van der Waals surface area contributed by atoms with Gasteiger partial charge in [0.25, 0.3) is 11.8 Å². The molecule has 0 fully saturated rings. The normalized spacial score (nSPS) is 13.8. The Kier molecular flexibility index (Phi) is 2.35. The average molecular weight is 256 g/mol. The Morgan fingerprint density at radius 2 is 1.63 bits per heavy atom. The van der Waals surface area contributed by atoms with E-state index in [9.17, 15) is 14.0 Å². The summed E-state index contributed by atoms with van der Waals surface area (Å²) in [7, 11) is 0. The number of benzene rings is 2. The number of halogens is 1. The van der Waals surface area contributed by atoms with Crippen molar-refractivity contribution >= 4 is 23.2 Å². The molecule has 1 heterocycles. The number of hydrogen-bond donors (Lipinski definition) is 1. The van der Waals surface area contributed by atoms with Crippen LogP contribution in [0.5, 0.6) is 0 Å². The first kappa shape index (κ1) is 11.4. The quantitative estimate of drug-likeness (QED) is 0.628. The smallest absolute Gasteiger partial charge is 0.268 e. The van der Waals surface area contributed by atoms with Crippen LogP contribution in [0, 0.1) is 5.82 Å². The van der Waals surface area contributed by atoms with Crippen LogP contribution in [0.3, 0.4) is 0 Å². The van der Waals surface area contributed by atoms with Crippen LogP contribution in [0.4, 0.5) is 15.8 Å². The summed E-state index contributed by atoms with van der Waals surface area (Å²) in [5, 5.41) is 0. The fourth-order valence-electron chi connectivity index (χ4n) is 2.14. The third-order valence-electron chi connectivity index (χ3n) is 3.03. The molecule has 0 saturated heterocycles. The van der Waals surface area contributed by atoms with E-state index in [1.54, 1.807) is 18.2 Å². The van der Waals surface area contributed by atoms with Crippen LogP contribution in [0.2, 0.25) is 0 Å². The van der Waals surface area contributed by atoms with Crippen molar-refractivity contribution in [2.24, 2.45) is 0 Å². The zero-order valence-corrected chi connectivity index (χ0v) is 9.76. The number of anilines is 2. The molecule has 2 N–H and O–H groups in total. The van der Waals surface area contributed by atoms with Gasteiger partial charge in [-0.2, -0.15) is 0 Å². The minimum atomic E-state index is -0.482. The highest BCUT2D eigenvalue weighted by Gasteiger charge is 2.37. The minimum absolute atomic E-state index is 0.205. The third-order valence-corrected chi connectivity index (χ3v) is 3.03. The second-order valence-electron chi connectivity index (χ2n) is 4.19. The van der Waals surface area contributed by atoms with Crippen LogP contribution in [-0.4, -0.2) is 11.8 Å². The highest BCUT2D eigenvalue weighted by molar-refractivity contribution is 6.35. The number of nitrogens with two attached hydrogens (primary N) is 1. The van der Waals surface area contributed by atoms with Gasteiger partial charge in [0.15, 0.2) is 0 Å². The first-order valence-corrected chi connectivity index (χ1v) is 5.62. The molecule has 2 aromatic carbocycles. The average Bonchev–Trinajstić information content (AvgIpc) is 2.65. The first-order chi connectivity index (χ1) is 9.09. The fourth-order valence-corrected chi connectivity index (χ4v) is 2.14. The first-order valence-electron chi connectivity index (χ1n) is 5.62. The minimum Gasteiger partial charge on any atom is -0.398 e. The van der Waals surface area contributed by atoms with Crippen molar-refractivity contribution in [3.8, 4) is 0 Å². The molecule has 94 valence electrons. The maximum atomic E-state index is 12.9. The number of nitrogens with zero attached hydrogens (tertiary/aromatic N) is 1. The van der Waals surface area contributed by atoms with Crippen molar-refractivity contribution < 1.29 is 14.0 Å². The lowest BCUT2D eigenvalue weighted by molar-refractivity contribution is 0.0926. The number of amides is 2. The summed E-state index contributed by atoms with van der Waals surface area (Å²) in [6.45, 7) is 0. The molecule has 0 bridgehead atoms. The summed E-state index contributed by atoms with van der Waals surface area (Å²) in [6, 6.07) is 9.89. The Balaban J connectivity index is 2.13. The Bertz CT molecular complexity index is 695. The number of fused-ring (bicyclic) bond motifs is 1. The Labute approximate surface area is 108 Å². The van der Waals surface area contributed by atoms with Gasteiger partial charge in [-0.15, -0.1) is 0 Å². The molecule has 19 heavy (non-hydrogen) atoms. The van der Waals surface area contributed by atoms with Gasteiger partial charge in [-0.3, -0.25) is 9.59 Å². The van der Waals surface area contributed by atoms with E-state index in [-0.39, 0.29) is 16.8 Å². The summed E-state index contributed by atoms with van der Waals surface area (Å²) in [5.41, 5.74) is 6.80. The van der Waals surface area contributed by atoms with E-state index < -0.39 is 17.6 Å². The van der Waals surface area contributed by atoms with E-state index >= 15 is 0 Å². The second-order valence-corrected chi connectivity index (χ2v) is 4.19. The van der Waals surface area contributed by atoms with Gasteiger partial charge in [-0.05, 0) is 36.4 Å². The molecule has 2 aromatic rings. The summed E-state index contributed by atoms with van der Waals surface area (Å²) < 4.78 is 12.9. The summed E-state index contributed by atoms with van der Waals surface area (Å²) in [6.07, 6.45) is 0. The number of nitrogen functional groups attached to an aromatic ring is 1.